The second-order valence-electron chi connectivity index (χ2n) is 5.71. The molecule has 2 aromatic rings. The van der Waals surface area contributed by atoms with Crippen LogP contribution in [-0.4, -0.2) is 9.55 Å². The fourth-order valence-corrected chi connectivity index (χ4v) is 3.06. The molecule has 0 bridgehead atoms. The average Bonchev–Trinajstić information content (AvgIpc) is 2.85. The van der Waals surface area contributed by atoms with E-state index in [1.165, 1.54) is 37.8 Å². The van der Waals surface area contributed by atoms with Gasteiger partial charge in [0.25, 0.3) is 0 Å². The SMILES string of the molecule is CC1(Cn2c(N)nc3cc(F)ccc32)CCCC1. The third-order valence-corrected chi connectivity index (χ3v) is 4.09. The second kappa shape index (κ2) is 3.97. The molecule has 0 spiro atoms. The second-order valence-corrected chi connectivity index (χ2v) is 5.71. The number of nitrogens with zero attached hydrogens (tertiary/aromatic N) is 2. The third-order valence-electron chi connectivity index (χ3n) is 4.09. The van der Waals surface area contributed by atoms with Gasteiger partial charge in [-0.25, -0.2) is 9.37 Å². The zero-order valence-electron chi connectivity index (χ0n) is 10.6. The van der Waals surface area contributed by atoms with Gasteiger partial charge in [-0.05, 0) is 30.4 Å². The van der Waals surface area contributed by atoms with Crippen LogP contribution in [-0.2, 0) is 6.54 Å². The van der Waals surface area contributed by atoms with Crippen LogP contribution < -0.4 is 5.73 Å². The van der Waals surface area contributed by atoms with E-state index < -0.39 is 0 Å². The molecule has 1 aromatic carbocycles. The summed E-state index contributed by atoms with van der Waals surface area (Å²) in [7, 11) is 0. The molecule has 4 heteroatoms. The predicted octanol–water partition coefficient (Wildman–Crippen LogP) is 3.34. The molecule has 1 aliphatic rings. The van der Waals surface area contributed by atoms with Crippen molar-refractivity contribution < 1.29 is 4.39 Å². The topological polar surface area (TPSA) is 43.8 Å². The highest BCUT2D eigenvalue weighted by atomic mass is 19.1. The van der Waals surface area contributed by atoms with Gasteiger partial charge in [-0.3, -0.25) is 0 Å². The van der Waals surface area contributed by atoms with E-state index in [2.05, 4.69) is 11.9 Å². The summed E-state index contributed by atoms with van der Waals surface area (Å²) in [6, 6.07) is 4.68. The van der Waals surface area contributed by atoms with E-state index in [0.29, 0.717) is 16.9 Å². The molecule has 0 atom stereocenters. The zero-order chi connectivity index (χ0) is 12.8. The lowest BCUT2D eigenvalue weighted by atomic mass is 9.89. The first-order chi connectivity index (χ1) is 8.57. The van der Waals surface area contributed by atoms with Crippen LogP contribution in [0.3, 0.4) is 0 Å². The molecule has 1 saturated carbocycles. The highest BCUT2D eigenvalue weighted by molar-refractivity contribution is 5.78. The van der Waals surface area contributed by atoms with Crippen molar-refractivity contribution in [2.24, 2.45) is 5.41 Å². The van der Waals surface area contributed by atoms with E-state index in [4.69, 9.17) is 5.73 Å². The molecule has 3 rings (SSSR count). The van der Waals surface area contributed by atoms with Crippen LogP contribution in [0.2, 0.25) is 0 Å². The molecule has 18 heavy (non-hydrogen) atoms. The lowest BCUT2D eigenvalue weighted by Gasteiger charge is -2.24. The number of aromatic nitrogens is 2. The van der Waals surface area contributed by atoms with E-state index in [-0.39, 0.29) is 5.82 Å². The Labute approximate surface area is 106 Å². The van der Waals surface area contributed by atoms with Crippen molar-refractivity contribution in [1.29, 1.82) is 0 Å². The van der Waals surface area contributed by atoms with Crippen LogP contribution in [0.5, 0.6) is 0 Å². The number of nitrogen functional groups attached to an aromatic ring is 1. The number of halogens is 1. The Morgan fingerprint density at radius 3 is 2.83 bits per heavy atom. The van der Waals surface area contributed by atoms with E-state index in [0.717, 1.165) is 12.1 Å². The molecule has 0 radical (unpaired) electrons. The lowest BCUT2D eigenvalue weighted by Crippen LogP contribution is -2.20. The molecule has 2 N–H and O–H groups in total. The summed E-state index contributed by atoms with van der Waals surface area (Å²) < 4.78 is 15.2. The quantitative estimate of drug-likeness (QED) is 0.884. The van der Waals surface area contributed by atoms with E-state index in [1.807, 2.05) is 4.57 Å². The maximum absolute atomic E-state index is 13.2. The van der Waals surface area contributed by atoms with Crippen molar-refractivity contribution in [1.82, 2.24) is 9.55 Å². The molecule has 0 saturated heterocycles. The minimum atomic E-state index is -0.265. The van der Waals surface area contributed by atoms with Crippen molar-refractivity contribution >= 4 is 17.0 Å². The minimum Gasteiger partial charge on any atom is -0.369 e. The number of rotatable bonds is 2. The van der Waals surface area contributed by atoms with Crippen LogP contribution >= 0.6 is 0 Å². The molecule has 1 aromatic heterocycles. The van der Waals surface area contributed by atoms with Crippen molar-refractivity contribution in [3.8, 4) is 0 Å². The number of nitrogens with two attached hydrogens (primary N) is 1. The Balaban J connectivity index is 2.03. The summed E-state index contributed by atoms with van der Waals surface area (Å²) in [4.78, 5) is 4.25. The number of anilines is 1. The summed E-state index contributed by atoms with van der Waals surface area (Å²) in [5, 5.41) is 0. The molecule has 0 amide bonds. The Hall–Kier alpha value is -1.58. The maximum atomic E-state index is 13.2. The highest BCUT2D eigenvalue weighted by Gasteiger charge is 2.30. The van der Waals surface area contributed by atoms with Crippen LogP contribution in [0.4, 0.5) is 10.3 Å². The van der Waals surface area contributed by atoms with Gasteiger partial charge in [0.1, 0.15) is 5.82 Å². The molecule has 1 aliphatic carbocycles. The molecule has 1 heterocycles. The molecule has 0 unspecified atom stereocenters. The monoisotopic (exact) mass is 247 g/mol. The zero-order valence-corrected chi connectivity index (χ0v) is 10.6. The fraction of sp³-hybridized carbons (Fsp3) is 0.500. The van der Waals surface area contributed by atoms with Crippen LogP contribution in [0.25, 0.3) is 11.0 Å². The predicted molar refractivity (Wildman–Crippen MR) is 70.7 cm³/mol. The van der Waals surface area contributed by atoms with Gasteiger partial charge in [0.15, 0.2) is 0 Å². The van der Waals surface area contributed by atoms with Gasteiger partial charge >= 0.3 is 0 Å². The maximum Gasteiger partial charge on any atom is 0.201 e. The summed E-state index contributed by atoms with van der Waals surface area (Å²) in [5.74, 6) is 0.225. The van der Waals surface area contributed by atoms with Gasteiger partial charge < -0.3 is 10.3 Å². The number of benzene rings is 1. The first kappa shape index (κ1) is 11.5. The summed E-state index contributed by atoms with van der Waals surface area (Å²) in [6.07, 6.45) is 5.04. The van der Waals surface area contributed by atoms with Crippen molar-refractivity contribution in [3.63, 3.8) is 0 Å². The van der Waals surface area contributed by atoms with Crippen LogP contribution in [0, 0.1) is 11.2 Å². The largest absolute Gasteiger partial charge is 0.369 e. The van der Waals surface area contributed by atoms with Gasteiger partial charge in [0, 0.05) is 12.6 Å². The summed E-state index contributed by atoms with van der Waals surface area (Å²) in [6.45, 7) is 3.18. The molecule has 1 fully saturated rings. The van der Waals surface area contributed by atoms with Crippen molar-refractivity contribution in [2.75, 3.05) is 5.73 Å². The highest BCUT2D eigenvalue weighted by Crippen LogP contribution is 2.40. The van der Waals surface area contributed by atoms with Crippen molar-refractivity contribution in [3.05, 3.63) is 24.0 Å². The van der Waals surface area contributed by atoms with Gasteiger partial charge in [0.05, 0.1) is 11.0 Å². The Morgan fingerprint density at radius 2 is 2.11 bits per heavy atom. The Bertz CT molecular complexity index is 582. The number of fused-ring (bicyclic) bond motifs is 1. The number of hydrogen-bond donors (Lipinski definition) is 1. The van der Waals surface area contributed by atoms with E-state index in [9.17, 15) is 4.39 Å². The van der Waals surface area contributed by atoms with Gasteiger partial charge in [-0.2, -0.15) is 0 Å². The summed E-state index contributed by atoms with van der Waals surface area (Å²) >= 11 is 0. The first-order valence-electron chi connectivity index (χ1n) is 6.49. The van der Waals surface area contributed by atoms with Crippen molar-refractivity contribution in [2.45, 2.75) is 39.2 Å². The third kappa shape index (κ3) is 1.85. The molecule has 0 aliphatic heterocycles. The first-order valence-corrected chi connectivity index (χ1v) is 6.49. The van der Waals surface area contributed by atoms with E-state index >= 15 is 0 Å². The smallest absolute Gasteiger partial charge is 0.201 e. The molecular weight excluding hydrogens is 229 g/mol. The Kier molecular flexibility index (Phi) is 2.54. The molecule has 96 valence electrons. The van der Waals surface area contributed by atoms with Gasteiger partial charge in [0.2, 0.25) is 5.95 Å². The standard InChI is InChI=1S/C14H18FN3/c1-14(6-2-3-7-14)9-18-12-5-4-10(15)8-11(12)17-13(18)16/h4-5,8H,2-3,6-7,9H2,1H3,(H2,16,17). The molecular formula is C14H18FN3. The summed E-state index contributed by atoms with van der Waals surface area (Å²) in [5.41, 5.74) is 7.85. The van der Waals surface area contributed by atoms with Crippen LogP contribution in [0.15, 0.2) is 18.2 Å². The fourth-order valence-electron chi connectivity index (χ4n) is 3.06. The van der Waals surface area contributed by atoms with Gasteiger partial charge in [-0.15, -0.1) is 0 Å². The lowest BCUT2D eigenvalue weighted by molar-refractivity contribution is 0.287. The average molecular weight is 247 g/mol. The number of hydrogen-bond acceptors (Lipinski definition) is 2. The number of imidazole rings is 1. The minimum absolute atomic E-state index is 0.265. The van der Waals surface area contributed by atoms with Crippen LogP contribution in [0.1, 0.15) is 32.6 Å². The van der Waals surface area contributed by atoms with E-state index in [1.54, 1.807) is 6.07 Å². The Morgan fingerprint density at radius 1 is 1.39 bits per heavy atom. The molecule has 3 nitrogen and oxygen atoms in total. The normalized spacial score (nSPS) is 18.6. The van der Waals surface area contributed by atoms with Gasteiger partial charge in [-0.1, -0.05) is 19.8 Å².